The summed E-state index contributed by atoms with van der Waals surface area (Å²) in [4.78, 5) is 16.5. The molecule has 0 unspecified atom stereocenters. The summed E-state index contributed by atoms with van der Waals surface area (Å²) < 4.78 is 0. The van der Waals surface area contributed by atoms with Gasteiger partial charge >= 0.3 is 0 Å². The number of rotatable bonds is 2. The Kier molecular flexibility index (Phi) is 2.22. The lowest BCUT2D eigenvalue weighted by Crippen LogP contribution is -2.23. The number of nitrogens with one attached hydrogen (secondary N) is 1. The quantitative estimate of drug-likeness (QED) is 0.753. The highest BCUT2D eigenvalue weighted by atomic mass is 16.2. The lowest BCUT2D eigenvalue weighted by Gasteiger charge is -2.02. The van der Waals surface area contributed by atoms with Crippen molar-refractivity contribution < 1.29 is 4.79 Å². The van der Waals surface area contributed by atoms with E-state index in [1.807, 2.05) is 6.07 Å². The molecule has 2 rings (SSSR count). The Hall–Kier alpha value is -2.17. The van der Waals surface area contributed by atoms with Gasteiger partial charge in [0.2, 0.25) is 0 Å². The SMILES string of the molecule is O=C(Nn1cncn1)c1ccccc1. The van der Waals surface area contributed by atoms with Gasteiger partial charge in [0.15, 0.2) is 0 Å². The van der Waals surface area contributed by atoms with Gasteiger partial charge in [0, 0.05) is 5.56 Å². The van der Waals surface area contributed by atoms with Crippen LogP contribution in [0.15, 0.2) is 43.0 Å². The second-order valence-corrected chi connectivity index (χ2v) is 2.65. The van der Waals surface area contributed by atoms with Crippen molar-refractivity contribution in [2.75, 3.05) is 5.43 Å². The summed E-state index contributed by atoms with van der Waals surface area (Å²) in [5.41, 5.74) is 3.13. The van der Waals surface area contributed by atoms with Crippen molar-refractivity contribution in [3.8, 4) is 0 Å². The van der Waals surface area contributed by atoms with Gasteiger partial charge in [-0.05, 0) is 12.1 Å². The molecule has 5 heteroatoms. The highest BCUT2D eigenvalue weighted by Gasteiger charge is 2.03. The number of benzene rings is 1. The second-order valence-electron chi connectivity index (χ2n) is 2.65. The van der Waals surface area contributed by atoms with Crippen molar-refractivity contribution in [1.82, 2.24) is 14.9 Å². The Balaban J connectivity index is 2.11. The van der Waals surface area contributed by atoms with Gasteiger partial charge < -0.3 is 0 Å². The van der Waals surface area contributed by atoms with Crippen molar-refractivity contribution >= 4 is 5.91 Å². The van der Waals surface area contributed by atoms with Crippen LogP contribution in [-0.2, 0) is 0 Å². The number of nitrogens with zero attached hydrogens (tertiary/aromatic N) is 3. The van der Waals surface area contributed by atoms with Crippen LogP contribution in [0.2, 0.25) is 0 Å². The highest BCUT2D eigenvalue weighted by molar-refractivity contribution is 5.99. The summed E-state index contributed by atoms with van der Waals surface area (Å²) in [5, 5.41) is 3.76. The van der Waals surface area contributed by atoms with E-state index in [0.29, 0.717) is 5.56 Å². The first kappa shape index (κ1) is 8.43. The minimum Gasteiger partial charge on any atom is -0.267 e. The molecule has 1 amide bonds. The minimum atomic E-state index is -0.212. The molecule has 0 fully saturated rings. The first-order valence-electron chi connectivity index (χ1n) is 4.07. The van der Waals surface area contributed by atoms with Crippen molar-refractivity contribution in [3.05, 3.63) is 48.5 Å². The van der Waals surface area contributed by atoms with E-state index in [1.165, 1.54) is 17.4 Å². The Morgan fingerprint density at radius 1 is 1.29 bits per heavy atom. The fourth-order valence-electron chi connectivity index (χ4n) is 1.02. The van der Waals surface area contributed by atoms with Gasteiger partial charge in [-0.1, -0.05) is 18.2 Å². The zero-order valence-corrected chi connectivity index (χ0v) is 7.29. The summed E-state index contributed by atoms with van der Waals surface area (Å²) in [5.74, 6) is -0.212. The van der Waals surface area contributed by atoms with E-state index in [-0.39, 0.29) is 5.91 Å². The van der Waals surface area contributed by atoms with E-state index in [2.05, 4.69) is 15.5 Å². The van der Waals surface area contributed by atoms with Gasteiger partial charge in [0.25, 0.3) is 5.91 Å². The molecule has 0 bridgehead atoms. The Bertz CT molecular complexity index is 410. The van der Waals surface area contributed by atoms with Gasteiger partial charge in [0.1, 0.15) is 12.7 Å². The van der Waals surface area contributed by atoms with Crippen LogP contribution in [0.25, 0.3) is 0 Å². The fourth-order valence-corrected chi connectivity index (χ4v) is 1.02. The van der Waals surface area contributed by atoms with E-state index in [4.69, 9.17) is 0 Å². The molecule has 1 N–H and O–H groups in total. The lowest BCUT2D eigenvalue weighted by atomic mass is 10.2. The van der Waals surface area contributed by atoms with Gasteiger partial charge in [-0.15, -0.1) is 5.10 Å². The molecule has 1 heterocycles. The topological polar surface area (TPSA) is 59.8 Å². The number of carbonyl (C=O) groups is 1. The summed E-state index contributed by atoms with van der Waals surface area (Å²) in [6, 6.07) is 8.91. The van der Waals surface area contributed by atoms with E-state index >= 15 is 0 Å². The molecule has 0 aliphatic heterocycles. The van der Waals surface area contributed by atoms with Crippen LogP contribution in [-0.4, -0.2) is 20.8 Å². The first-order valence-corrected chi connectivity index (χ1v) is 4.07. The van der Waals surface area contributed by atoms with E-state index in [0.717, 1.165) is 0 Å². The third-order valence-corrected chi connectivity index (χ3v) is 1.67. The van der Waals surface area contributed by atoms with Crippen LogP contribution in [0.1, 0.15) is 10.4 Å². The van der Waals surface area contributed by atoms with Crippen LogP contribution >= 0.6 is 0 Å². The van der Waals surface area contributed by atoms with Crippen LogP contribution in [0.5, 0.6) is 0 Å². The number of aromatic nitrogens is 3. The molecule has 70 valence electrons. The molecule has 0 spiro atoms. The summed E-state index contributed by atoms with van der Waals surface area (Å²) in [6.07, 6.45) is 2.77. The normalized spacial score (nSPS) is 9.71. The van der Waals surface area contributed by atoms with Crippen molar-refractivity contribution in [2.24, 2.45) is 0 Å². The maximum Gasteiger partial charge on any atom is 0.271 e. The minimum absolute atomic E-state index is 0.212. The third-order valence-electron chi connectivity index (χ3n) is 1.67. The Labute approximate surface area is 80.4 Å². The molecule has 5 nitrogen and oxygen atoms in total. The average molecular weight is 188 g/mol. The summed E-state index contributed by atoms with van der Waals surface area (Å²) in [7, 11) is 0. The molecule has 14 heavy (non-hydrogen) atoms. The van der Waals surface area contributed by atoms with E-state index < -0.39 is 0 Å². The maximum atomic E-state index is 11.5. The molecule has 0 saturated carbocycles. The second kappa shape index (κ2) is 3.69. The predicted octanol–water partition coefficient (Wildman–Crippen LogP) is 0.662. The predicted molar refractivity (Wildman–Crippen MR) is 50.2 cm³/mol. The van der Waals surface area contributed by atoms with Crippen LogP contribution in [0, 0.1) is 0 Å². The largest absolute Gasteiger partial charge is 0.271 e. The average Bonchev–Trinajstić information content (AvgIpc) is 2.72. The monoisotopic (exact) mass is 188 g/mol. The molecule has 0 aliphatic carbocycles. The number of hydrogen-bond donors (Lipinski definition) is 1. The molecular formula is C9H8N4O. The molecule has 0 atom stereocenters. The highest BCUT2D eigenvalue weighted by Crippen LogP contribution is 1.97. The molecule has 2 aromatic rings. The first-order chi connectivity index (χ1) is 6.86. The van der Waals surface area contributed by atoms with Gasteiger partial charge in [0.05, 0.1) is 0 Å². The fraction of sp³-hybridized carbons (Fsp3) is 0. The van der Waals surface area contributed by atoms with E-state index in [9.17, 15) is 4.79 Å². The van der Waals surface area contributed by atoms with Crippen LogP contribution in [0.3, 0.4) is 0 Å². The maximum absolute atomic E-state index is 11.5. The number of amides is 1. The summed E-state index contributed by atoms with van der Waals surface area (Å²) in [6.45, 7) is 0. The number of carbonyl (C=O) groups excluding carboxylic acids is 1. The lowest BCUT2D eigenvalue weighted by molar-refractivity contribution is 0.100. The molecule has 1 aromatic carbocycles. The zero-order chi connectivity index (χ0) is 9.80. The van der Waals surface area contributed by atoms with Crippen LogP contribution in [0.4, 0.5) is 0 Å². The Morgan fingerprint density at radius 3 is 2.71 bits per heavy atom. The Morgan fingerprint density at radius 2 is 2.07 bits per heavy atom. The molecule has 0 radical (unpaired) electrons. The van der Waals surface area contributed by atoms with Gasteiger partial charge in [-0.3, -0.25) is 4.79 Å². The zero-order valence-electron chi connectivity index (χ0n) is 7.29. The summed E-state index contributed by atoms with van der Waals surface area (Å²) >= 11 is 0. The van der Waals surface area contributed by atoms with E-state index in [1.54, 1.807) is 24.3 Å². The standard InChI is InChI=1S/C9H8N4O/c14-9(8-4-2-1-3-5-8)12-13-7-10-6-11-13/h1-7H,(H,12,14). The third kappa shape index (κ3) is 1.77. The van der Waals surface area contributed by atoms with Crippen molar-refractivity contribution in [3.63, 3.8) is 0 Å². The molecular weight excluding hydrogens is 180 g/mol. The van der Waals surface area contributed by atoms with Gasteiger partial charge in [-0.25, -0.2) is 10.4 Å². The smallest absolute Gasteiger partial charge is 0.267 e. The number of hydrogen-bond acceptors (Lipinski definition) is 3. The molecule has 0 aliphatic rings. The molecule has 0 saturated heterocycles. The molecule has 1 aromatic heterocycles. The van der Waals surface area contributed by atoms with Crippen molar-refractivity contribution in [1.29, 1.82) is 0 Å². The van der Waals surface area contributed by atoms with Crippen molar-refractivity contribution in [2.45, 2.75) is 0 Å². The van der Waals surface area contributed by atoms with Gasteiger partial charge in [-0.2, -0.15) is 4.79 Å². The van der Waals surface area contributed by atoms with Crippen LogP contribution < -0.4 is 5.43 Å².